The van der Waals surface area contributed by atoms with Crippen LogP contribution in [-0.4, -0.2) is 45.2 Å². The Morgan fingerprint density at radius 2 is 2.30 bits per heavy atom. The minimum Gasteiger partial charge on any atom is -0.310 e. The summed E-state index contributed by atoms with van der Waals surface area (Å²) >= 11 is 0. The fraction of sp³-hybridized carbons (Fsp3) is 0.600. The van der Waals surface area contributed by atoms with Gasteiger partial charge in [-0.15, -0.1) is 0 Å². The van der Waals surface area contributed by atoms with E-state index in [1.807, 2.05) is 23.7 Å². The Kier molecular flexibility index (Phi) is 3.72. The van der Waals surface area contributed by atoms with Crippen LogP contribution in [0.4, 0.5) is 0 Å². The van der Waals surface area contributed by atoms with E-state index in [0.717, 1.165) is 17.9 Å². The number of nitrogens with zero attached hydrogens (tertiary/aromatic N) is 4. The van der Waals surface area contributed by atoms with Gasteiger partial charge >= 0.3 is 0 Å². The Labute approximate surface area is 120 Å². The Bertz CT molecular complexity index is 591. The molecule has 1 saturated heterocycles. The Morgan fingerprint density at radius 3 is 3.10 bits per heavy atom. The lowest BCUT2D eigenvalue weighted by molar-refractivity contribution is 0.168. The van der Waals surface area contributed by atoms with Gasteiger partial charge in [-0.05, 0) is 40.3 Å². The molecule has 0 spiro atoms. The normalized spacial score (nSPS) is 24.4. The molecule has 108 valence electrons. The molecule has 1 N–H and O–H groups in total. The minimum atomic E-state index is 0.608. The van der Waals surface area contributed by atoms with Crippen LogP contribution in [0.5, 0.6) is 0 Å². The molecule has 0 bridgehead atoms. The van der Waals surface area contributed by atoms with Gasteiger partial charge in [0.15, 0.2) is 5.65 Å². The SMILES string of the molecule is Cc1cc2ncc(CNC3CCN(C)C(C)C3)cn2n1. The maximum Gasteiger partial charge on any atom is 0.155 e. The molecule has 2 unspecified atom stereocenters. The van der Waals surface area contributed by atoms with E-state index in [2.05, 4.69) is 40.5 Å². The summed E-state index contributed by atoms with van der Waals surface area (Å²) in [6.45, 7) is 6.33. The predicted molar refractivity (Wildman–Crippen MR) is 79.7 cm³/mol. The third-order valence-corrected chi connectivity index (χ3v) is 4.29. The van der Waals surface area contributed by atoms with E-state index in [9.17, 15) is 0 Å². The topological polar surface area (TPSA) is 45.5 Å². The first-order valence-electron chi connectivity index (χ1n) is 7.36. The Hall–Kier alpha value is -1.46. The van der Waals surface area contributed by atoms with Crippen molar-refractivity contribution in [3.63, 3.8) is 0 Å². The van der Waals surface area contributed by atoms with Gasteiger partial charge in [0.05, 0.1) is 5.69 Å². The zero-order chi connectivity index (χ0) is 14.1. The quantitative estimate of drug-likeness (QED) is 0.923. The summed E-state index contributed by atoms with van der Waals surface area (Å²) < 4.78 is 1.86. The van der Waals surface area contributed by atoms with Gasteiger partial charge < -0.3 is 10.2 Å². The van der Waals surface area contributed by atoms with Crippen LogP contribution in [-0.2, 0) is 6.54 Å². The van der Waals surface area contributed by atoms with E-state index in [-0.39, 0.29) is 0 Å². The van der Waals surface area contributed by atoms with Crippen molar-refractivity contribution in [1.82, 2.24) is 24.8 Å². The number of fused-ring (bicyclic) bond motifs is 1. The number of aryl methyl sites for hydroxylation is 1. The number of nitrogens with one attached hydrogen (secondary N) is 1. The highest BCUT2D eigenvalue weighted by atomic mass is 15.2. The maximum atomic E-state index is 4.44. The number of rotatable bonds is 3. The van der Waals surface area contributed by atoms with Crippen molar-refractivity contribution in [2.75, 3.05) is 13.6 Å². The largest absolute Gasteiger partial charge is 0.310 e. The zero-order valence-corrected chi connectivity index (χ0v) is 12.5. The maximum absolute atomic E-state index is 4.44. The predicted octanol–water partition coefficient (Wildman–Crippen LogP) is 1.61. The van der Waals surface area contributed by atoms with Crippen molar-refractivity contribution in [1.29, 1.82) is 0 Å². The van der Waals surface area contributed by atoms with E-state index < -0.39 is 0 Å². The summed E-state index contributed by atoms with van der Waals surface area (Å²) in [4.78, 5) is 6.87. The van der Waals surface area contributed by atoms with Crippen LogP contribution in [0, 0.1) is 6.92 Å². The standard InChI is InChI=1S/C15H23N5/c1-11-6-15-17-9-13(10-20(15)18-11)8-16-14-4-5-19(3)12(2)7-14/h6,9-10,12,14,16H,4-5,7-8H2,1-3H3. The van der Waals surface area contributed by atoms with Gasteiger partial charge in [0.2, 0.25) is 0 Å². The van der Waals surface area contributed by atoms with Gasteiger partial charge in [-0.3, -0.25) is 0 Å². The fourth-order valence-corrected chi connectivity index (χ4v) is 2.86. The van der Waals surface area contributed by atoms with Crippen LogP contribution in [0.3, 0.4) is 0 Å². The molecule has 2 atom stereocenters. The first-order chi connectivity index (χ1) is 9.61. The summed E-state index contributed by atoms with van der Waals surface area (Å²) in [5, 5.41) is 8.06. The van der Waals surface area contributed by atoms with Gasteiger partial charge in [-0.25, -0.2) is 9.50 Å². The lowest BCUT2D eigenvalue weighted by atomic mass is 9.99. The van der Waals surface area contributed by atoms with Crippen molar-refractivity contribution in [2.24, 2.45) is 0 Å². The molecule has 2 aromatic rings. The molecule has 0 saturated carbocycles. The van der Waals surface area contributed by atoms with Crippen LogP contribution in [0.15, 0.2) is 18.5 Å². The van der Waals surface area contributed by atoms with Crippen molar-refractivity contribution >= 4 is 5.65 Å². The molecule has 0 aliphatic carbocycles. The molecule has 3 heterocycles. The van der Waals surface area contributed by atoms with Gasteiger partial charge in [-0.2, -0.15) is 5.10 Å². The Balaban J connectivity index is 1.62. The highest BCUT2D eigenvalue weighted by Gasteiger charge is 2.22. The van der Waals surface area contributed by atoms with Crippen molar-refractivity contribution in [3.8, 4) is 0 Å². The number of likely N-dealkylation sites (tertiary alicyclic amines) is 1. The lowest BCUT2D eigenvalue weighted by Gasteiger charge is -2.35. The van der Waals surface area contributed by atoms with E-state index in [1.165, 1.54) is 24.9 Å². The van der Waals surface area contributed by atoms with Crippen molar-refractivity contribution in [2.45, 2.75) is 45.3 Å². The number of aromatic nitrogens is 3. The summed E-state index contributed by atoms with van der Waals surface area (Å²) in [5.41, 5.74) is 3.11. The van der Waals surface area contributed by atoms with E-state index in [1.54, 1.807) is 0 Å². The van der Waals surface area contributed by atoms with E-state index in [4.69, 9.17) is 0 Å². The summed E-state index contributed by atoms with van der Waals surface area (Å²) in [7, 11) is 2.21. The number of piperidine rings is 1. The second-order valence-electron chi connectivity index (χ2n) is 5.98. The molecule has 20 heavy (non-hydrogen) atoms. The zero-order valence-electron chi connectivity index (χ0n) is 12.5. The number of hydrogen-bond acceptors (Lipinski definition) is 4. The monoisotopic (exact) mass is 273 g/mol. The van der Waals surface area contributed by atoms with Crippen LogP contribution in [0.1, 0.15) is 31.0 Å². The molecule has 0 radical (unpaired) electrons. The summed E-state index contributed by atoms with van der Waals surface area (Å²) in [6, 6.07) is 3.27. The molecule has 1 aliphatic rings. The van der Waals surface area contributed by atoms with Gasteiger partial charge in [0.1, 0.15) is 0 Å². The molecule has 0 aromatic carbocycles. The van der Waals surface area contributed by atoms with Crippen molar-refractivity contribution < 1.29 is 0 Å². The third-order valence-electron chi connectivity index (χ3n) is 4.29. The molecule has 0 amide bonds. The molecular formula is C15H23N5. The van der Waals surface area contributed by atoms with Crippen LogP contribution in [0.2, 0.25) is 0 Å². The molecule has 1 fully saturated rings. The average Bonchev–Trinajstić information content (AvgIpc) is 2.79. The van der Waals surface area contributed by atoms with E-state index >= 15 is 0 Å². The molecule has 3 rings (SSSR count). The smallest absolute Gasteiger partial charge is 0.155 e. The Morgan fingerprint density at radius 1 is 1.45 bits per heavy atom. The van der Waals surface area contributed by atoms with Gasteiger partial charge in [0, 0.05) is 42.7 Å². The second kappa shape index (κ2) is 5.50. The summed E-state index contributed by atoms with van der Waals surface area (Å²) in [6.07, 6.45) is 6.45. The molecule has 5 nitrogen and oxygen atoms in total. The van der Waals surface area contributed by atoms with Gasteiger partial charge in [0.25, 0.3) is 0 Å². The number of hydrogen-bond donors (Lipinski definition) is 1. The second-order valence-corrected chi connectivity index (χ2v) is 5.98. The van der Waals surface area contributed by atoms with Gasteiger partial charge in [-0.1, -0.05) is 0 Å². The highest BCUT2D eigenvalue weighted by Crippen LogP contribution is 2.15. The van der Waals surface area contributed by atoms with Crippen molar-refractivity contribution in [3.05, 3.63) is 29.7 Å². The van der Waals surface area contributed by atoms with Crippen LogP contribution in [0.25, 0.3) is 5.65 Å². The van der Waals surface area contributed by atoms with E-state index in [0.29, 0.717) is 12.1 Å². The summed E-state index contributed by atoms with van der Waals surface area (Å²) in [5.74, 6) is 0. The fourth-order valence-electron chi connectivity index (χ4n) is 2.86. The van der Waals surface area contributed by atoms with Crippen LogP contribution < -0.4 is 5.32 Å². The lowest BCUT2D eigenvalue weighted by Crippen LogP contribution is -2.45. The first kappa shape index (κ1) is 13.5. The first-order valence-corrected chi connectivity index (χ1v) is 7.36. The molecule has 2 aromatic heterocycles. The van der Waals surface area contributed by atoms with Crippen LogP contribution >= 0.6 is 0 Å². The third kappa shape index (κ3) is 2.83. The molecule has 1 aliphatic heterocycles. The minimum absolute atomic E-state index is 0.608. The highest BCUT2D eigenvalue weighted by molar-refractivity contribution is 5.38. The molecular weight excluding hydrogens is 250 g/mol. The molecule has 5 heteroatoms. The average molecular weight is 273 g/mol.